The van der Waals surface area contributed by atoms with Gasteiger partial charge in [0.05, 0.1) is 17.8 Å². The molecule has 1 unspecified atom stereocenters. The number of alkyl halides is 3. The number of aryl methyl sites for hydroxylation is 1. The molecule has 1 atom stereocenters. The van der Waals surface area contributed by atoms with Gasteiger partial charge in [0, 0.05) is 12.7 Å². The third kappa shape index (κ3) is 3.74. The zero-order chi connectivity index (χ0) is 13.8. The van der Waals surface area contributed by atoms with E-state index in [0.29, 0.717) is 19.4 Å². The van der Waals surface area contributed by atoms with Gasteiger partial charge in [-0.15, -0.1) is 0 Å². The van der Waals surface area contributed by atoms with Crippen molar-refractivity contribution in [3.8, 4) is 6.07 Å². The smallest absolute Gasteiger partial charge is 0.303 e. The quantitative estimate of drug-likeness (QED) is 0.882. The molecule has 0 bridgehead atoms. The minimum atomic E-state index is -4.36. The minimum Gasteiger partial charge on any atom is -0.303 e. The summed E-state index contributed by atoms with van der Waals surface area (Å²) in [5.74, 6) is 0. The molecule has 0 radical (unpaired) electrons. The number of aromatic nitrogens is 2. The Bertz CT molecular complexity index is 432. The second-order valence-electron chi connectivity index (χ2n) is 4.29. The van der Waals surface area contributed by atoms with Crippen molar-refractivity contribution in [2.24, 2.45) is 0 Å². The average Bonchev–Trinajstić information content (AvgIpc) is 2.77. The van der Waals surface area contributed by atoms with Crippen LogP contribution in [-0.4, -0.2) is 22.4 Å². The maximum absolute atomic E-state index is 12.3. The summed E-state index contributed by atoms with van der Waals surface area (Å²) in [4.78, 5) is 0. The van der Waals surface area contributed by atoms with Gasteiger partial charge in [0.2, 0.25) is 0 Å². The summed E-state index contributed by atoms with van der Waals surface area (Å²) in [6, 6.07) is 2.12. The van der Waals surface area contributed by atoms with E-state index >= 15 is 0 Å². The first-order chi connectivity index (χ1) is 8.30. The Hall–Kier alpha value is -1.55. The molecular formula is C11H15F3N4. The molecule has 0 aliphatic carbocycles. The highest BCUT2D eigenvalue weighted by molar-refractivity contribution is 5.08. The molecule has 0 aromatic carbocycles. The van der Waals surface area contributed by atoms with E-state index in [0.717, 1.165) is 12.4 Å². The summed E-state index contributed by atoms with van der Waals surface area (Å²) in [5, 5.41) is 15.4. The Balaban J connectivity index is 2.51. The van der Waals surface area contributed by atoms with Crippen molar-refractivity contribution in [1.29, 1.82) is 5.26 Å². The van der Waals surface area contributed by atoms with E-state index in [2.05, 4.69) is 16.5 Å². The fraction of sp³-hybridized carbons (Fsp3) is 0.636. The van der Waals surface area contributed by atoms with Crippen LogP contribution in [0.1, 0.15) is 25.3 Å². The van der Waals surface area contributed by atoms with Gasteiger partial charge in [-0.1, -0.05) is 0 Å². The van der Waals surface area contributed by atoms with Crippen LogP contribution in [-0.2, 0) is 12.7 Å². The zero-order valence-electron chi connectivity index (χ0n) is 10.3. The van der Waals surface area contributed by atoms with E-state index in [1.165, 1.54) is 4.68 Å². The van der Waals surface area contributed by atoms with Gasteiger partial charge < -0.3 is 5.32 Å². The highest BCUT2D eigenvalue weighted by Crippen LogP contribution is 2.28. The van der Waals surface area contributed by atoms with Crippen molar-refractivity contribution in [3.05, 3.63) is 18.0 Å². The summed E-state index contributed by atoms with van der Waals surface area (Å²) in [6.07, 6.45) is -1.46. The van der Waals surface area contributed by atoms with Crippen molar-refractivity contribution < 1.29 is 13.2 Å². The summed E-state index contributed by atoms with van der Waals surface area (Å²) < 4.78 is 38.2. The fourth-order valence-corrected chi connectivity index (χ4v) is 1.46. The summed E-state index contributed by atoms with van der Waals surface area (Å²) in [7, 11) is 1.68. The molecular weight excluding hydrogens is 245 g/mol. The molecule has 1 heterocycles. The molecule has 1 N–H and O–H groups in total. The van der Waals surface area contributed by atoms with Gasteiger partial charge in [-0.3, -0.25) is 4.68 Å². The third-order valence-corrected chi connectivity index (χ3v) is 2.82. The Morgan fingerprint density at radius 1 is 1.50 bits per heavy atom. The van der Waals surface area contributed by atoms with Gasteiger partial charge in [0.1, 0.15) is 5.54 Å². The number of hydrogen-bond acceptors (Lipinski definition) is 3. The monoisotopic (exact) mass is 260 g/mol. The number of nitrogens with zero attached hydrogens (tertiary/aromatic N) is 3. The van der Waals surface area contributed by atoms with Crippen LogP contribution >= 0.6 is 0 Å². The number of hydrogen-bond donors (Lipinski definition) is 1. The lowest BCUT2D eigenvalue weighted by molar-refractivity contribution is -0.137. The van der Waals surface area contributed by atoms with Crippen LogP contribution in [0.5, 0.6) is 0 Å². The summed E-state index contributed by atoms with van der Waals surface area (Å²) in [6.45, 7) is 2.10. The first kappa shape index (κ1) is 14.5. The molecule has 4 nitrogen and oxygen atoms in total. The predicted molar refractivity (Wildman–Crippen MR) is 59.5 cm³/mol. The van der Waals surface area contributed by atoms with Crippen molar-refractivity contribution in [1.82, 2.24) is 15.1 Å². The first-order valence-corrected chi connectivity index (χ1v) is 5.50. The molecule has 1 aromatic heterocycles. The van der Waals surface area contributed by atoms with Crippen LogP contribution < -0.4 is 5.32 Å². The molecule has 18 heavy (non-hydrogen) atoms. The molecule has 100 valence electrons. The molecule has 0 amide bonds. The maximum atomic E-state index is 12.3. The van der Waals surface area contributed by atoms with E-state index < -0.39 is 17.3 Å². The normalized spacial score (nSPS) is 15.1. The van der Waals surface area contributed by atoms with E-state index in [-0.39, 0.29) is 0 Å². The lowest BCUT2D eigenvalue weighted by atomic mass is 9.98. The Morgan fingerprint density at radius 3 is 2.61 bits per heavy atom. The molecule has 0 fully saturated rings. The van der Waals surface area contributed by atoms with E-state index in [1.54, 1.807) is 14.0 Å². The maximum Gasteiger partial charge on any atom is 0.419 e. The molecule has 0 spiro atoms. The minimum absolute atomic E-state index is 0.356. The molecule has 0 saturated heterocycles. The van der Waals surface area contributed by atoms with Crippen LogP contribution in [0.3, 0.4) is 0 Å². The Labute approximate surface area is 103 Å². The van der Waals surface area contributed by atoms with E-state index in [9.17, 15) is 13.2 Å². The van der Waals surface area contributed by atoms with Crippen LogP contribution in [0.4, 0.5) is 13.2 Å². The van der Waals surface area contributed by atoms with Crippen molar-refractivity contribution in [2.45, 2.75) is 38.0 Å². The predicted octanol–water partition coefficient (Wildman–Crippen LogP) is 2.18. The molecule has 0 saturated carbocycles. The van der Waals surface area contributed by atoms with Crippen LogP contribution in [0.15, 0.2) is 12.4 Å². The highest BCUT2D eigenvalue weighted by Gasteiger charge is 2.32. The molecule has 1 rings (SSSR count). The molecule has 7 heteroatoms. The second kappa shape index (κ2) is 5.40. The number of halogens is 3. The van der Waals surface area contributed by atoms with Crippen LogP contribution in [0, 0.1) is 11.3 Å². The van der Waals surface area contributed by atoms with Crippen molar-refractivity contribution >= 4 is 0 Å². The van der Waals surface area contributed by atoms with E-state index in [1.807, 2.05) is 0 Å². The topological polar surface area (TPSA) is 53.6 Å². The van der Waals surface area contributed by atoms with E-state index in [4.69, 9.17) is 5.26 Å². The van der Waals surface area contributed by atoms with Gasteiger partial charge in [-0.2, -0.15) is 23.5 Å². The lowest BCUT2D eigenvalue weighted by Gasteiger charge is -2.20. The van der Waals surface area contributed by atoms with Crippen molar-refractivity contribution in [2.75, 3.05) is 7.05 Å². The number of nitriles is 1. The molecule has 1 aromatic rings. The largest absolute Gasteiger partial charge is 0.419 e. The average molecular weight is 260 g/mol. The standard InChI is InChI=1S/C11H15F3N4/c1-10(8-15,16-2)4-3-5-18-7-9(6-17-18)11(12,13)14/h6-7,16H,3-5H2,1-2H3. The van der Waals surface area contributed by atoms with Gasteiger partial charge in [-0.25, -0.2) is 0 Å². The Morgan fingerprint density at radius 2 is 2.17 bits per heavy atom. The lowest BCUT2D eigenvalue weighted by Crippen LogP contribution is -2.38. The number of nitrogens with one attached hydrogen (secondary N) is 1. The van der Waals surface area contributed by atoms with Crippen molar-refractivity contribution in [3.63, 3.8) is 0 Å². The van der Waals surface area contributed by atoms with Gasteiger partial charge in [-0.05, 0) is 26.8 Å². The first-order valence-electron chi connectivity index (χ1n) is 5.50. The zero-order valence-corrected chi connectivity index (χ0v) is 10.3. The molecule has 0 aliphatic rings. The highest BCUT2D eigenvalue weighted by atomic mass is 19.4. The summed E-state index contributed by atoms with van der Waals surface area (Å²) in [5.41, 5.74) is -1.40. The van der Waals surface area contributed by atoms with Crippen LogP contribution in [0.25, 0.3) is 0 Å². The fourth-order valence-electron chi connectivity index (χ4n) is 1.46. The third-order valence-electron chi connectivity index (χ3n) is 2.82. The second-order valence-corrected chi connectivity index (χ2v) is 4.29. The SMILES string of the molecule is CNC(C)(C#N)CCCn1cc(C(F)(F)F)cn1. The van der Waals surface area contributed by atoms with Gasteiger partial charge in [0.25, 0.3) is 0 Å². The molecule has 0 aliphatic heterocycles. The van der Waals surface area contributed by atoms with Gasteiger partial charge in [0.15, 0.2) is 0 Å². The number of rotatable bonds is 5. The Kier molecular flexibility index (Phi) is 4.35. The van der Waals surface area contributed by atoms with Gasteiger partial charge >= 0.3 is 6.18 Å². The van der Waals surface area contributed by atoms with Crippen LogP contribution in [0.2, 0.25) is 0 Å². The summed E-state index contributed by atoms with van der Waals surface area (Å²) >= 11 is 0.